The van der Waals surface area contributed by atoms with Crippen molar-refractivity contribution in [2.24, 2.45) is 0 Å². The topological polar surface area (TPSA) is 79.3 Å². The summed E-state index contributed by atoms with van der Waals surface area (Å²) in [7, 11) is -3.78. The monoisotopic (exact) mass is 329 g/mol. The van der Waals surface area contributed by atoms with E-state index in [1.54, 1.807) is 0 Å². The molecule has 0 aliphatic carbocycles. The summed E-state index contributed by atoms with van der Waals surface area (Å²) in [6.45, 7) is 0. The summed E-state index contributed by atoms with van der Waals surface area (Å²) in [5.74, 6) is -2.34. The second kappa shape index (κ2) is 6.95. The molecular weight excluding hydrogens is 319 g/mol. The average molecular weight is 329 g/mol. The highest BCUT2D eigenvalue weighted by atomic mass is 32.2. The molecule has 112 valence electrons. The van der Waals surface area contributed by atoms with Gasteiger partial charge in [0.1, 0.15) is 5.75 Å². The van der Waals surface area contributed by atoms with Crippen LogP contribution >= 0.6 is 0 Å². The number of aromatic nitrogens is 1. The summed E-state index contributed by atoms with van der Waals surface area (Å²) >= 11 is -1.85. The molecule has 0 aliphatic rings. The molecule has 0 fully saturated rings. The average Bonchev–Trinajstić information content (AvgIpc) is 2.33. The lowest BCUT2D eigenvalue weighted by Gasteiger charge is -2.09. The molecule has 1 aromatic heterocycles. The van der Waals surface area contributed by atoms with Crippen LogP contribution in [0.15, 0.2) is 35.1 Å². The Bertz CT molecular complexity index is 602. The van der Waals surface area contributed by atoms with E-state index in [0.717, 1.165) is 6.26 Å². The molecule has 5 nitrogen and oxygen atoms in total. The Labute approximate surface area is 116 Å². The van der Waals surface area contributed by atoms with E-state index in [1.807, 2.05) is 0 Å². The number of rotatable bonds is 6. The van der Waals surface area contributed by atoms with E-state index >= 15 is 0 Å². The zero-order valence-corrected chi connectivity index (χ0v) is 11.8. The Balaban J connectivity index is 2.76. The third-order valence-corrected chi connectivity index (χ3v) is 3.62. The van der Waals surface area contributed by atoms with Gasteiger partial charge in [0.2, 0.25) is 10.9 Å². The maximum atomic E-state index is 12.6. The molecule has 0 radical (unpaired) electrons. The maximum absolute atomic E-state index is 12.6. The first-order chi connectivity index (χ1) is 9.19. The van der Waals surface area contributed by atoms with Crippen LogP contribution in [0, 0.1) is 0 Å². The molecule has 1 rings (SSSR count). The maximum Gasteiger partial charge on any atom is 0.307 e. The van der Waals surface area contributed by atoms with E-state index in [1.165, 1.54) is 18.2 Å². The fraction of sp³-hybridized carbons (Fsp3) is 0.300. The van der Waals surface area contributed by atoms with Crippen molar-refractivity contribution >= 4 is 21.3 Å². The highest BCUT2D eigenvalue weighted by Gasteiger charge is 2.17. The van der Waals surface area contributed by atoms with E-state index in [9.17, 15) is 26.1 Å². The van der Waals surface area contributed by atoms with Crippen molar-refractivity contribution in [2.45, 2.75) is 11.4 Å². The van der Waals surface area contributed by atoms with Crippen molar-refractivity contribution in [1.82, 2.24) is 4.98 Å². The van der Waals surface area contributed by atoms with Gasteiger partial charge < -0.3 is 8.74 Å². The summed E-state index contributed by atoms with van der Waals surface area (Å²) in [5, 5.41) is -0.0850. The van der Waals surface area contributed by atoms with Crippen molar-refractivity contribution in [1.29, 1.82) is 0 Å². The minimum atomic E-state index is -3.78. The van der Waals surface area contributed by atoms with Gasteiger partial charge >= 0.3 is 16.2 Å². The number of halogens is 3. The largest absolute Gasteiger partial charge is 0.610 e. The molecule has 0 bridgehead atoms. The molecule has 1 unspecified atom stereocenters. The summed E-state index contributed by atoms with van der Waals surface area (Å²) in [5.41, 5.74) is 0. The zero-order chi connectivity index (χ0) is 15.3. The fourth-order valence-corrected chi connectivity index (χ4v) is 2.50. The van der Waals surface area contributed by atoms with Crippen LogP contribution in [-0.2, 0) is 21.3 Å². The van der Waals surface area contributed by atoms with Crippen molar-refractivity contribution in [3.8, 4) is 5.88 Å². The molecule has 0 saturated heterocycles. The van der Waals surface area contributed by atoms with E-state index in [4.69, 9.17) is 0 Å². The van der Waals surface area contributed by atoms with Crippen LogP contribution in [0.25, 0.3) is 0 Å². The van der Waals surface area contributed by atoms with Gasteiger partial charge in [-0.15, -0.1) is 0 Å². The molecule has 0 aliphatic heterocycles. The Morgan fingerprint density at radius 2 is 2.05 bits per heavy atom. The number of hydrogen-bond acceptors (Lipinski definition) is 5. The van der Waals surface area contributed by atoms with Crippen molar-refractivity contribution in [2.75, 3.05) is 12.0 Å². The van der Waals surface area contributed by atoms with Crippen LogP contribution in [0.4, 0.5) is 13.2 Å². The van der Waals surface area contributed by atoms with E-state index in [2.05, 4.69) is 9.17 Å². The smallest absolute Gasteiger partial charge is 0.307 e. The minimum absolute atomic E-state index is 0.0850. The molecule has 20 heavy (non-hydrogen) atoms. The first-order valence-corrected chi connectivity index (χ1v) is 8.27. The Morgan fingerprint density at radius 1 is 1.40 bits per heavy atom. The van der Waals surface area contributed by atoms with Crippen LogP contribution in [0.1, 0.15) is 6.42 Å². The van der Waals surface area contributed by atoms with Gasteiger partial charge in [-0.2, -0.15) is 22.2 Å². The third-order valence-electron chi connectivity index (χ3n) is 1.88. The molecule has 0 spiro atoms. The molecule has 0 saturated carbocycles. The van der Waals surface area contributed by atoms with Crippen LogP contribution < -0.4 is 4.18 Å². The molecular formula is C10H10F3NO4S2. The van der Waals surface area contributed by atoms with E-state index < -0.39 is 45.4 Å². The molecule has 1 atom stereocenters. The van der Waals surface area contributed by atoms with Gasteiger partial charge in [0.15, 0.2) is 5.83 Å². The van der Waals surface area contributed by atoms with Gasteiger partial charge in [-0.3, -0.25) is 0 Å². The molecule has 0 aromatic carbocycles. The van der Waals surface area contributed by atoms with Gasteiger partial charge in [-0.1, -0.05) is 6.07 Å². The minimum Gasteiger partial charge on any atom is -0.610 e. The zero-order valence-electron chi connectivity index (χ0n) is 10.2. The van der Waals surface area contributed by atoms with Crippen molar-refractivity contribution in [3.05, 3.63) is 30.1 Å². The summed E-state index contributed by atoms with van der Waals surface area (Å²) in [6, 6.07) is 3.85. The number of pyridine rings is 1. The molecule has 1 heterocycles. The van der Waals surface area contributed by atoms with Crippen LogP contribution in [0.2, 0.25) is 0 Å². The highest BCUT2D eigenvalue weighted by Crippen LogP contribution is 2.19. The van der Waals surface area contributed by atoms with Crippen molar-refractivity contribution < 1.29 is 30.3 Å². The second-order valence-electron chi connectivity index (χ2n) is 3.57. The standard InChI is InChI=1S/C10H10F3NO4S2/c1-20(16,17)18-8-3-2-4-9(14-8)19(15)6-5-7(11)10(12)13/h2-4H,5-6H2,1H3. The van der Waals surface area contributed by atoms with Gasteiger partial charge in [0.05, 0.1) is 12.7 Å². The lowest BCUT2D eigenvalue weighted by molar-refractivity contribution is 0.373. The normalized spacial score (nSPS) is 12.8. The summed E-state index contributed by atoms with van der Waals surface area (Å²) < 4.78 is 74.2. The Kier molecular flexibility index (Phi) is 5.84. The third kappa shape index (κ3) is 5.80. The van der Waals surface area contributed by atoms with Gasteiger partial charge in [-0.05, 0) is 0 Å². The quantitative estimate of drug-likeness (QED) is 0.589. The number of nitrogens with zero attached hydrogens (tertiary/aromatic N) is 1. The number of hydrogen-bond donors (Lipinski definition) is 0. The predicted molar refractivity (Wildman–Crippen MR) is 66.0 cm³/mol. The van der Waals surface area contributed by atoms with E-state index in [-0.39, 0.29) is 10.9 Å². The van der Waals surface area contributed by atoms with Crippen LogP contribution in [0.5, 0.6) is 5.88 Å². The van der Waals surface area contributed by atoms with Gasteiger partial charge in [0.25, 0.3) is 0 Å². The highest BCUT2D eigenvalue weighted by molar-refractivity contribution is 7.91. The fourth-order valence-electron chi connectivity index (χ4n) is 1.11. The molecule has 1 aromatic rings. The SMILES string of the molecule is CS(=O)(=O)Oc1cccc([S+]([O-])CCC(F)=C(F)F)n1. The van der Waals surface area contributed by atoms with E-state index in [0.29, 0.717) is 0 Å². The lowest BCUT2D eigenvalue weighted by atomic mass is 10.4. The first kappa shape index (κ1) is 16.8. The van der Waals surface area contributed by atoms with Gasteiger partial charge in [-0.25, -0.2) is 4.39 Å². The Hall–Kier alpha value is -1.26. The van der Waals surface area contributed by atoms with Gasteiger partial charge in [0, 0.05) is 23.3 Å². The van der Waals surface area contributed by atoms with Crippen LogP contribution in [0.3, 0.4) is 0 Å². The summed E-state index contributed by atoms with van der Waals surface area (Å²) in [4.78, 5) is 3.65. The molecule has 0 N–H and O–H groups in total. The van der Waals surface area contributed by atoms with Crippen molar-refractivity contribution in [3.63, 3.8) is 0 Å². The molecule has 0 amide bonds. The van der Waals surface area contributed by atoms with Crippen LogP contribution in [-0.4, -0.2) is 30.0 Å². The Morgan fingerprint density at radius 3 is 2.60 bits per heavy atom. The molecule has 10 heteroatoms. The summed E-state index contributed by atoms with van der Waals surface area (Å²) in [6.07, 6.45) is -2.35. The number of allylic oxidation sites excluding steroid dienone is 1. The lowest BCUT2D eigenvalue weighted by Crippen LogP contribution is -2.12. The first-order valence-electron chi connectivity index (χ1n) is 5.13. The second-order valence-corrected chi connectivity index (χ2v) is 6.66. The predicted octanol–water partition coefficient (Wildman–Crippen LogP) is 2.00.